The Bertz CT molecular complexity index is 566. The highest BCUT2D eigenvalue weighted by Crippen LogP contribution is 2.21. The molecule has 0 radical (unpaired) electrons. The molecule has 0 atom stereocenters. The Morgan fingerprint density at radius 1 is 1.28 bits per heavy atom. The molecule has 0 heterocycles. The van der Waals surface area contributed by atoms with Gasteiger partial charge in [0.2, 0.25) is 5.78 Å². The number of rotatable bonds is 3. The predicted molar refractivity (Wildman–Crippen MR) is 68.7 cm³/mol. The van der Waals surface area contributed by atoms with Crippen molar-refractivity contribution in [2.45, 2.75) is 6.92 Å². The first-order valence-corrected chi connectivity index (χ1v) is 5.82. The minimum atomic E-state index is -0.272. The molecule has 0 saturated carbocycles. The normalized spacial score (nSPS) is 15.2. The van der Waals surface area contributed by atoms with Crippen LogP contribution in [0.1, 0.15) is 27.6 Å². The molecule has 18 heavy (non-hydrogen) atoms. The summed E-state index contributed by atoms with van der Waals surface area (Å²) in [7, 11) is 0. The van der Waals surface area contributed by atoms with Crippen LogP contribution in [0.15, 0.2) is 47.2 Å². The maximum absolute atomic E-state index is 12.0. The van der Waals surface area contributed by atoms with Gasteiger partial charge < -0.3 is 4.74 Å². The highest BCUT2D eigenvalue weighted by molar-refractivity contribution is 6.29. The zero-order valence-electron chi connectivity index (χ0n) is 9.77. The lowest BCUT2D eigenvalue weighted by Gasteiger charge is -2.14. The minimum absolute atomic E-state index is 0.0628. The topological polar surface area (TPSA) is 43.4 Å². The standard InChI is InChI=1S/C14H11ClO3/c1-9(15)6-7-18-13-8-12(16)10-4-2-3-5-11(10)14(13)17/h2-6,8H,7H2,1H3/b9-6-. The van der Waals surface area contributed by atoms with Crippen molar-refractivity contribution in [1.82, 2.24) is 0 Å². The number of halogens is 1. The molecule has 0 spiro atoms. The van der Waals surface area contributed by atoms with Crippen molar-refractivity contribution in [3.05, 3.63) is 58.3 Å². The summed E-state index contributed by atoms with van der Waals surface area (Å²) >= 11 is 5.65. The van der Waals surface area contributed by atoms with E-state index in [-0.39, 0.29) is 23.9 Å². The Morgan fingerprint density at radius 3 is 2.61 bits per heavy atom. The van der Waals surface area contributed by atoms with E-state index in [4.69, 9.17) is 16.3 Å². The average molecular weight is 263 g/mol. The van der Waals surface area contributed by atoms with Crippen molar-refractivity contribution in [2.75, 3.05) is 6.61 Å². The highest BCUT2D eigenvalue weighted by Gasteiger charge is 2.25. The molecule has 0 amide bonds. The van der Waals surface area contributed by atoms with Crippen LogP contribution in [0.2, 0.25) is 0 Å². The fourth-order valence-corrected chi connectivity index (χ4v) is 1.71. The Hall–Kier alpha value is -1.87. The zero-order valence-corrected chi connectivity index (χ0v) is 10.5. The number of ketones is 2. The zero-order chi connectivity index (χ0) is 13.1. The van der Waals surface area contributed by atoms with Gasteiger partial charge in [-0.05, 0) is 13.0 Å². The fourth-order valence-electron chi connectivity index (χ4n) is 1.64. The second-order valence-corrected chi connectivity index (χ2v) is 4.45. The largest absolute Gasteiger partial charge is 0.485 e. The molecule has 1 aromatic carbocycles. The van der Waals surface area contributed by atoms with E-state index in [9.17, 15) is 9.59 Å². The number of carbonyl (C=O) groups excluding carboxylic acids is 2. The average Bonchev–Trinajstić information content (AvgIpc) is 2.35. The summed E-state index contributed by atoms with van der Waals surface area (Å²) in [6, 6.07) is 6.69. The van der Waals surface area contributed by atoms with Crippen LogP contribution >= 0.6 is 11.6 Å². The Balaban J connectivity index is 2.23. The molecule has 0 saturated heterocycles. The molecule has 0 fully saturated rings. The van der Waals surface area contributed by atoms with E-state index < -0.39 is 0 Å². The maximum Gasteiger partial charge on any atom is 0.228 e. The number of hydrogen-bond acceptors (Lipinski definition) is 3. The first-order chi connectivity index (χ1) is 8.59. The lowest BCUT2D eigenvalue weighted by Crippen LogP contribution is -2.18. The summed E-state index contributed by atoms with van der Waals surface area (Å²) in [5.74, 6) is -0.425. The molecule has 1 aromatic rings. The van der Waals surface area contributed by atoms with Crippen LogP contribution < -0.4 is 0 Å². The van der Waals surface area contributed by atoms with Crippen LogP contribution in [0.3, 0.4) is 0 Å². The van der Waals surface area contributed by atoms with Gasteiger partial charge >= 0.3 is 0 Å². The van der Waals surface area contributed by atoms with Gasteiger partial charge in [-0.3, -0.25) is 9.59 Å². The van der Waals surface area contributed by atoms with Crippen LogP contribution in [0.4, 0.5) is 0 Å². The number of hydrogen-bond donors (Lipinski definition) is 0. The van der Waals surface area contributed by atoms with Gasteiger partial charge in [0.05, 0.1) is 0 Å². The van der Waals surface area contributed by atoms with Crippen LogP contribution in [0.5, 0.6) is 0 Å². The Kier molecular flexibility index (Phi) is 3.63. The minimum Gasteiger partial charge on any atom is -0.485 e. The first kappa shape index (κ1) is 12.6. The van der Waals surface area contributed by atoms with E-state index in [1.54, 1.807) is 37.3 Å². The molecule has 3 nitrogen and oxygen atoms in total. The van der Waals surface area contributed by atoms with Crippen molar-refractivity contribution < 1.29 is 14.3 Å². The van der Waals surface area contributed by atoms with E-state index in [2.05, 4.69) is 0 Å². The highest BCUT2D eigenvalue weighted by atomic mass is 35.5. The van der Waals surface area contributed by atoms with Gasteiger partial charge in [0, 0.05) is 22.2 Å². The van der Waals surface area contributed by atoms with Crippen LogP contribution in [0.25, 0.3) is 0 Å². The van der Waals surface area contributed by atoms with Crippen molar-refractivity contribution in [2.24, 2.45) is 0 Å². The molecule has 0 bridgehead atoms. The Labute approximate surface area is 110 Å². The van der Waals surface area contributed by atoms with Gasteiger partial charge in [0.25, 0.3) is 0 Å². The lowest BCUT2D eigenvalue weighted by atomic mass is 9.94. The summed E-state index contributed by atoms with van der Waals surface area (Å²) in [5.41, 5.74) is 0.797. The molecule has 0 aliphatic heterocycles. The second-order valence-electron chi connectivity index (χ2n) is 3.85. The molecule has 2 rings (SSSR count). The van der Waals surface area contributed by atoms with Crippen molar-refractivity contribution in [3.63, 3.8) is 0 Å². The molecule has 92 valence electrons. The third kappa shape index (κ3) is 2.51. The first-order valence-electron chi connectivity index (χ1n) is 5.44. The monoisotopic (exact) mass is 262 g/mol. The smallest absolute Gasteiger partial charge is 0.228 e. The molecular weight excluding hydrogens is 252 g/mol. The van der Waals surface area contributed by atoms with E-state index >= 15 is 0 Å². The number of benzene rings is 1. The number of allylic oxidation sites excluding steroid dienone is 3. The van der Waals surface area contributed by atoms with Crippen molar-refractivity contribution in [1.29, 1.82) is 0 Å². The second kappa shape index (κ2) is 5.19. The van der Waals surface area contributed by atoms with Gasteiger partial charge in [-0.15, -0.1) is 0 Å². The van der Waals surface area contributed by atoms with E-state index in [1.165, 1.54) is 6.08 Å². The van der Waals surface area contributed by atoms with Gasteiger partial charge in [0.1, 0.15) is 6.61 Å². The summed E-state index contributed by atoms with van der Waals surface area (Å²) in [4.78, 5) is 23.8. The van der Waals surface area contributed by atoms with Gasteiger partial charge in [-0.2, -0.15) is 0 Å². The number of Topliss-reactive ketones (excluding diaryl/α,β-unsaturated/α-hetero) is 1. The SMILES string of the molecule is C/C(Cl)=C/COC1=CC(=O)c2ccccc2C1=O. The van der Waals surface area contributed by atoms with Gasteiger partial charge in [0.15, 0.2) is 11.5 Å². The van der Waals surface area contributed by atoms with Crippen molar-refractivity contribution >= 4 is 23.2 Å². The molecule has 1 aliphatic rings. The third-order valence-corrected chi connectivity index (χ3v) is 2.68. The summed E-state index contributed by atoms with van der Waals surface area (Å²) in [5, 5.41) is 0.575. The van der Waals surface area contributed by atoms with Crippen LogP contribution in [0, 0.1) is 0 Å². The molecule has 0 aromatic heterocycles. The van der Waals surface area contributed by atoms with Crippen LogP contribution in [-0.2, 0) is 4.74 Å². The summed E-state index contributed by atoms with van der Waals surface area (Å²) in [6.07, 6.45) is 2.85. The quantitative estimate of drug-likeness (QED) is 0.841. The molecule has 4 heteroatoms. The van der Waals surface area contributed by atoms with Gasteiger partial charge in [-0.25, -0.2) is 0 Å². The maximum atomic E-state index is 12.0. The number of ether oxygens (including phenoxy) is 1. The third-order valence-electron chi connectivity index (χ3n) is 2.53. The van der Waals surface area contributed by atoms with Crippen LogP contribution in [-0.4, -0.2) is 18.2 Å². The van der Waals surface area contributed by atoms with Crippen molar-refractivity contribution in [3.8, 4) is 0 Å². The summed E-state index contributed by atoms with van der Waals surface area (Å²) < 4.78 is 5.26. The van der Waals surface area contributed by atoms with E-state index in [0.717, 1.165) is 0 Å². The Morgan fingerprint density at radius 2 is 1.94 bits per heavy atom. The fraction of sp³-hybridized carbons (Fsp3) is 0.143. The number of fused-ring (bicyclic) bond motifs is 1. The van der Waals surface area contributed by atoms with E-state index in [0.29, 0.717) is 16.2 Å². The molecule has 0 unspecified atom stereocenters. The molecule has 0 N–H and O–H groups in total. The summed E-state index contributed by atoms with van der Waals surface area (Å²) in [6.45, 7) is 1.88. The van der Waals surface area contributed by atoms with Gasteiger partial charge in [-0.1, -0.05) is 35.9 Å². The molecular formula is C14H11ClO3. The molecule has 1 aliphatic carbocycles. The predicted octanol–water partition coefficient (Wildman–Crippen LogP) is 3.11. The number of carbonyl (C=O) groups is 2. The lowest BCUT2D eigenvalue weighted by molar-refractivity contribution is 0.0900. The van der Waals surface area contributed by atoms with E-state index in [1.807, 2.05) is 0 Å².